The van der Waals surface area contributed by atoms with Crippen LogP contribution >= 0.6 is 11.6 Å². The van der Waals surface area contributed by atoms with Crippen LogP contribution in [0.5, 0.6) is 5.75 Å². The van der Waals surface area contributed by atoms with E-state index in [1.54, 1.807) is 25.3 Å². The summed E-state index contributed by atoms with van der Waals surface area (Å²) in [6.45, 7) is 2.14. The molecule has 5 heteroatoms. The van der Waals surface area contributed by atoms with Gasteiger partial charge in [-0.15, -0.1) is 0 Å². The fourth-order valence-electron chi connectivity index (χ4n) is 2.92. The number of nitrogens with one attached hydrogen (secondary N) is 2. The summed E-state index contributed by atoms with van der Waals surface area (Å²) in [5, 5.41) is 6.91. The molecule has 3 rings (SSSR count). The molecule has 2 aromatic rings. The molecule has 1 saturated carbocycles. The first-order valence-corrected chi connectivity index (χ1v) is 8.91. The second-order valence-corrected chi connectivity index (χ2v) is 6.88. The summed E-state index contributed by atoms with van der Waals surface area (Å²) in [5.74, 6) is 1.15. The van der Waals surface area contributed by atoms with Gasteiger partial charge in [0.1, 0.15) is 11.8 Å². The largest absolute Gasteiger partial charge is 0.495 e. The Morgan fingerprint density at radius 2 is 1.92 bits per heavy atom. The van der Waals surface area contributed by atoms with Crippen LogP contribution < -0.4 is 15.4 Å². The summed E-state index contributed by atoms with van der Waals surface area (Å²) in [5.41, 5.74) is 1.60. The van der Waals surface area contributed by atoms with Gasteiger partial charge >= 0.3 is 0 Å². The van der Waals surface area contributed by atoms with Crippen LogP contribution in [-0.2, 0) is 4.79 Å². The lowest BCUT2D eigenvalue weighted by Crippen LogP contribution is -2.39. The quantitative estimate of drug-likeness (QED) is 0.770. The third kappa shape index (κ3) is 4.53. The monoisotopic (exact) mass is 358 g/mol. The minimum atomic E-state index is -0.405. The van der Waals surface area contributed by atoms with Crippen molar-refractivity contribution in [3.63, 3.8) is 0 Å². The molecule has 0 bridgehead atoms. The van der Waals surface area contributed by atoms with E-state index in [0.717, 1.165) is 5.56 Å². The Balaban J connectivity index is 1.77. The van der Waals surface area contributed by atoms with Gasteiger partial charge in [0.15, 0.2) is 0 Å². The molecule has 25 heavy (non-hydrogen) atoms. The highest BCUT2D eigenvalue weighted by molar-refractivity contribution is 6.32. The molecule has 0 aliphatic heterocycles. The summed E-state index contributed by atoms with van der Waals surface area (Å²) in [4.78, 5) is 12.9. The van der Waals surface area contributed by atoms with Crippen LogP contribution in [0.1, 0.15) is 31.4 Å². The molecule has 1 aliphatic rings. The first-order chi connectivity index (χ1) is 12.1. The standard InChI is InChI=1S/C20H23ClN2O2/c1-13(14-8-9-14)22-19(15-6-4-3-5-7-15)20(24)23-16-10-11-18(25-2)17(21)12-16/h3-7,10-14,19,22H,8-9H2,1-2H3,(H,23,24)/t13-,19+/m0/s1. The molecule has 0 heterocycles. The molecule has 1 aliphatic carbocycles. The number of benzene rings is 2. The number of methoxy groups -OCH3 is 1. The number of amides is 1. The minimum absolute atomic E-state index is 0.0973. The first-order valence-electron chi connectivity index (χ1n) is 8.54. The van der Waals surface area contributed by atoms with E-state index < -0.39 is 6.04 Å². The zero-order chi connectivity index (χ0) is 17.8. The molecule has 0 unspecified atom stereocenters. The minimum Gasteiger partial charge on any atom is -0.495 e. The zero-order valence-corrected chi connectivity index (χ0v) is 15.2. The Bertz CT molecular complexity index is 732. The van der Waals surface area contributed by atoms with Crippen molar-refractivity contribution < 1.29 is 9.53 Å². The van der Waals surface area contributed by atoms with Crippen molar-refractivity contribution in [1.29, 1.82) is 0 Å². The predicted molar refractivity (Wildman–Crippen MR) is 101 cm³/mol. The van der Waals surface area contributed by atoms with E-state index in [2.05, 4.69) is 17.6 Å². The Labute approximate surface area is 153 Å². The summed E-state index contributed by atoms with van der Waals surface area (Å²) < 4.78 is 5.15. The average molecular weight is 359 g/mol. The van der Waals surface area contributed by atoms with Crippen molar-refractivity contribution in [2.24, 2.45) is 5.92 Å². The van der Waals surface area contributed by atoms with Crippen LogP contribution in [0, 0.1) is 5.92 Å². The molecule has 2 aromatic carbocycles. The van der Waals surface area contributed by atoms with Crippen LogP contribution in [-0.4, -0.2) is 19.1 Å². The SMILES string of the molecule is COc1ccc(NC(=O)[C@H](N[C@@H](C)C2CC2)c2ccccc2)cc1Cl. The molecular weight excluding hydrogens is 336 g/mol. The first kappa shape index (κ1) is 17.8. The van der Waals surface area contributed by atoms with Crippen LogP contribution in [0.2, 0.25) is 5.02 Å². The highest BCUT2D eigenvalue weighted by Crippen LogP contribution is 2.34. The van der Waals surface area contributed by atoms with Gasteiger partial charge in [0.05, 0.1) is 12.1 Å². The van der Waals surface area contributed by atoms with Gasteiger partial charge in [-0.1, -0.05) is 41.9 Å². The number of hydrogen-bond acceptors (Lipinski definition) is 3. The number of hydrogen-bond donors (Lipinski definition) is 2. The van der Waals surface area contributed by atoms with Crippen LogP contribution in [0.15, 0.2) is 48.5 Å². The Morgan fingerprint density at radius 3 is 2.52 bits per heavy atom. The number of anilines is 1. The highest BCUT2D eigenvalue weighted by atomic mass is 35.5. The maximum absolute atomic E-state index is 12.9. The summed E-state index contributed by atoms with van der Waals surface area (Å²) in [7, 11) is 1.56. The van der Waals surface area contributed by atoms with Gasteiger partial charge in [0, 0.05) is 11.7 Å². The number of carbonyl (C=O) groups is 1. The van der Waals surface area contributed by atoms with E-state index in [4.69, 9.17) is 16.3 Å². The van der Waals surface area contributed by atoms with Crippen LogP contribution in [0.25, 0.3) is 0 Å². The topological polar surface area (TPSA) is 50.4 Å². The molecule has 1 amide bonds. The Morgan fingerprint density at radius 1 is 1.20 bits per heavy atom. The molecule has 132 valence electrons. The average Bonchev–Trinajstić information content (AvgIpc) is 3.45. The molecule has 2 atom stereocenters. The molecular formula is C20H23ClN2O2. The van der Waals surface area contributed by atoms with E-state index in [0.29, 0.717) is 28.4 Å². The number of ether oxygens (including phenoxy) is 1. The van der Waals surface area contributed by atoms with Gasteiger partial charge in [0.2, 0.25) is 5.91 Å². The maximum Gasteiger partial charge on any atom is 0.246 e. The summed E-state index contributed by atoms with van der Waals surface area (Å²) >= 11 is 6.15. The lowest BCUT2D eigenvalue weighted by Gasteiger charge is -2.23. The van der Waals surface area contributed by atoms with E-state index >= 15 is 0 Å². The molecule has 4 nitrogen and oxygen atoms in total. The van der Waals surface area contributed by atoms with Crippen LogP contribution in [0.3, 0.4) is 0 Å². The van der Waals surface area contributed by atoms with E-state index in [1.165, 1.54) is 12.8 Å². The lowest BCUT2D eigenvalue weighted by molar-refractivity contribution is -0.118. The number of carbonyl (C=O) groups excluding carboxylic acids is 1. The Kier molecular flexibility index (Phi) is 5.61. The third-order valence-electron chi connectivity index (χ3n) is 4.57. The zero-order valence-electron chi connectivity index (χ0n) is 14.5. The normalized spacial score (nSPS) is 16.1. The summed E-state index contributed by atoms with van der Waals surface area (Å²) in [6.07, 6.45) is 2.46. The Hall–Kier alpha value is -2.04. The van der Waals surface area contributed by atoms with Gasteiger partial charge in [-0.25, -0.2) is 0 Å². The number of rotatable bonds is 7. The molecule has 0 radical (unpaired) electrons. The van der Waals surface area contributed by atoms with Crippen molar-refractivity contribution in [3.05, 3.63) is 59.1 Å². The van der Waals surface area contributed by atoms with Crippen molar-refractivity contribution in [2.75, 3.05) is 12.4 Å². The second-order valence-electron chi connectivity index (χ2n) is 6.48. The van der Waals surface area contributed by atoms with Crippen molar-refractivity contribution in [2.45, 2.75) is 31.8 Å². The predicted octanol–water partition coefficient (Wildman–Crippen LogP) is 4.42. The van der Waals surface area contributed by atoms with Crippen molar-refractivity contribution in [3.8, 4) is 5.75 Å². The molecule has 0 spiro atoms. The van der Waals surface area contributed by atoms with E-state index in [-0.39, 0.29) is 5.91 Å². The van der Waals surface area contributed by atoms with Gasteiger partial charge in [-0.05, 0) is 49.4 Å². The van der Waals surface area contributed by atoms with Gasteiger partial charge < -0.3 is 10.1 Å². The fraction of sp³-hybridized carbons (Fsp3) is 0.350. The van der Waals surface area contributed by atoms with Crippen molar-refractivity contribution in [1.82, 2.24) is 5.32 Å². The maximum atomic E-state index is 12.9. The van der Waals surface area contributed by atoms with E-state index in [9.17, 15) is 4.79 Å². The smallest absolute Gasteiger partial charge is 0.246 e. The van der Waals surface area contributed by atoms with Crippen LogP contribution in [0.4, 0.5) is 5.69 Å². The second kappa shape index (κ2) is 7.89. The van der Waals surface area contributed by atoms with Crippen molar-refractivity contribution >= 4 is 23.2 Å². The van der Waals surface area contributed by atoms with Gasteiger partial charge in [-0.3, -0.25) is 10.1 Å². The molecule has 0 aromatic heterocycles. The molecule has 2 N–H and O–H groups in total. The lowest BCUT2D eigenvalue weighted by atomic mass is 10.0. The highest BCUT2D eigenvalue weighted by Gasteiger charge is 2.31. The molecule has 1 fully saturated rings. The van der Waals surface area contributed by atoms with Gasteiger partial charge in [-0.2, -0.15) is 0 Å². The molecule has 0 saturated heterocycles. The number of halogens is 1. The third-order valence-corrected chi connectivity index (χ3v) is 4.87. The fourth-order valence-corrected chi connectivity index (χ4v) is 3.18. The summed E-state index contributed by atoms with van der Waals surface area (Å²) in [6, 6.07) is 14.9. The van der Waals surface area contributed by atoms with Gasteiger partial charge in [0.25, 0.3) is 0 Å². The van der Waals surface area contributed by atoms with E-state index in [1.807, 2.05) is 30.3 Å².